The number of carbonyl (C=O) groups excluding carboxylic acids is 1. The van der Waals surface area contributed by atoms with Gasteiger partial charge in [-0.05, 0) is 43.7 Å². The first-order valence-electron chi connectivity index (χ1n) is 7.22. The molecular weight excluding hydrogens is 256 g/mol. The molecule has 1 aliphatic rings. The fraction of sp³-hybridized carbons (Fsp3) is 0.600. The van der Waals surface area contributed by atoms with Crippen LogP contribution in [0.2, 0.25) is 0 Å². The van der Waals surface area contributed by atoms with Crippen molar-refractivity contribution in [1.82, 2.24) is 10.3 Å². The molecule has 0 saturated heterocycles. The Bertz CT molecular complexity index is 516. The molecule has 1 saturated carbocycles. The number of aromatic nitrogens is 1. The molecule has 0 atom stereocenters. The van der Waals surface area contributed by atoms with E-state index in [4.69, 9.17) is 0 Å². The summed E-state index contributed by atoms with van der Waals surface area (Å²) in [5.74, 6) is 0.251. The van der Waals surface area contributed by atoms with Crippen molar-refractivity contribution in [3.05, 3.63) is 34.2 Å². The van der Waals surface area contributed by atoms with E-state index in [-0.39, 0.29) is 12.1 Å². The monoisotopic (exact) mass is 278 g/mol. The second kappa shape index (κ2) is 6.22. The maximum Gasteiger partial charge on any atom is 0.260 e. The van der Waals surface area contributed by atoms with Gasteiger partial charge in [0.25, 0.3) is 11.5 Å². The van der Waals surface area contributed by atoms with Crippen LogP contribution in [0.15, 0.2) is 23.1 Å². The van der Waals surface area contributed by atoms with E-state index in [1.165, 1.54) is 12.3 Å². The van der Waals surface area contributed by atoms with Crippen molar-refractivity contribution in [2.45, 2.75) is 44.6 Å². The van der Waals surface area contributed by atoms with Gasteiger partial charge in [-0.3, -0.25) is 9.59 Å². The van der Waals surface area contributed by atoms with Crippen molar-refractivity contribution in [2.24, 2.45) is 5.92 Å². The van der Waals surface area contributed by atoms with Gasteiger partial charge >= 0.3 is 0 Å². The van der Waals surface area contributed by atoms with Crippen LogP contribution < -0.4 is 10.9 Å². The van der Waals surface area contributed by atoms with Gasteiger partial charge in [-0.1, -0.05) is 13.3 Å². The summed E-state index contributed by atoms with van der Waals surface area (Å²) < 4.78 is 0. The molecule has 5 heteroatoms. The van der Waals surface area contributed by atoms with Crippen molar-refractivity contribution in [1.29, 1.82) is 0 Å². The Balaban J connectivity index is 1.91. The molecule has 0 bridgehead atoms. The van der Waals surface area contributed by atoms with E-state index in [9.17, 15) is 14.7 Å². The van der Waals surface area contributed by atoms with Crippen LogP contribution in [0, 0.1) is 5.92 Å². The quantitative estimate of drug-likeness (QED) is 0.779. The summed E-state index contributed by atoms with van der Waals surface area (Å²) in [6, 6.07) is 3.09. The number of pyridine rings is 1. The van der Waals surface area contributed by atoms with E-state index < -0.39 is 17.1 Å². The van der Waals surface area contributed by atoms with Crippen molar-refractivity contribution < 1.29 is 9.90 Å². The highest BCUT2D eigenvalue weighted by atomic mass is 16.3. The zero-order valence-electron chi connectivity index (χ0n) is 11.8. The first-order valence-corrected chi connectivity index (χ1v) is 7.22. The average molecular weight is 278 g/mol. The highest BCUT2D eigenvalue weighted by Crippen LogP contribution is 2.33. The Morgan fingerprint density at radius 1 is 1.50 bits per heavy atom. The van der Waals surface area contributed by atoms with Crippen molar-refractivity contribution in [3.8, 4) is 0 Å². The maximum absolute atomic E-state index is 11.9. The van der Waals surface area contributed by atoms with Crippen molar-refractivity contribution >= 4 is 5.91 Å². The van der Waals surface area contributed by atoms with Gasteiger partial charge in [0.1, 0.15) is 5.56 Å². The summed E-state index contributed by atoms with van der Waals surface area (Å²) in [6.07, 6.45) is 6.03. The third kappa shape index (κ3) is 3.48. The lowest BCUT2D eigenvalue weighted by atomic mass is 9.78. The minimum absolute atomic E-state index is 0.0818. The summed E-state index contributed by atoms with van der Waals surface area (Å²) in [7, 11) is 0. The van der Waals surface area contributed by atoms with Gasteiger partial charge < -0.3 is 15.4 Å². The highest BCUT2D eigenvalue weighted by Gasteiger charge is 2.33. The van der Waals surface area contributed by atoms with Crippen LogP contribution in [0.25, 0.3) is 0 Å². The predicted molar refractivity (Wildman–Crippen MR) is 76.6 cm³/mol. The number of carbonyl (C=O) groups is 1. The van der Waals surface area contributed by atoms with E-state index in [1.807, 2.05) is 0 Å². The molecule has 2 rings (SSSR count). The van der Waals surface area contributed by atoms with Crippen LogP contribution in [-0.4, -0.2) is 28.1 Å². The Hall–Kier alpha value is -1.62. The van der Waals surface area contributed by atoms with Crippen molar-refractivity contribution in [3.63, 3.8) is 0 Å². The van der Waals surface area contributed by atoms with Gasteiger partial charge in [0.05, 0.1) is 5.60 Å². The molecule has 1 aliphatic carbocycles. The number of hydrogen-bond acceptors (Lipinski definition) is 3. The second-order valence-electron chi connectivity index (χ2n) is 5.67. The summed E-state index contributed by atoms with van der Waals surface area (Å²) >= 11 is 0. The van der Waals surface area contributed by atoms with E-state index in [1.54, 1.807) is 6.07 Å². The van der Waals surface area contributed by atoms with Crippen LogP contribution in [0.1, 0.15) is 49.4 Å². The minimum Gasteiger partial charge on any atom is -0.388 e. The molecule has 110 valence electrons. The van der Waals surface area contributed by atoms with Crippen LogP contribution >= 0.6 is 0 Å². The van der Waals surface area contributed by atoms with Gasteiger partial charge in [0, 0.05) is 12.7 Å². The number of aromatic amines is 1. The van der Waals surface area contributed by atoms with Gasteiger partial charge in [-0.2, -0.15) is 0 Å². The fourth-order valence-corrected chi connectivity index (χ4v) is 2.74. The molecule has 3 N–H and O–H groups in total. The standard InChI is InChI=1S/C15H22N2O3/c1-2-11-5-7-15(20,8-6-11)10-17-14(19)12-4-3-9-16-13(12)18/h3-4,9,11,20H,2,5-8,10H2,1H3,(H,16,18)(H,17,19). The molecule has 0 radical (unpaired) electrons. The lowest BCUT2D eigenvalue weighted by molar-refractivity contribution is -0.00787. The molecule has 1 heterocycles. The van der Waals surface area contributed by atoms with Crippen LogP contribution in [-0.2, 0) is 0 Å². The van der Waals surface area contributed by atoms with Gasteiger partial charge in [-0.25, -0.2) is 0 Å². The summed E-state index contributed by atoms with van der Waals surface area (Å²) in [5.41, 5.74) is -1.16. The minimum atomic E-state index is -0.830. The Morgan fingerprint density at radius 3 is 2.80 bits per heavy atom. The Morgan fingerprint density at radius 2 is 2.20 bits per heavy atom. The van der Waals surface area contributed by atoms with Crippen LogP contribution in [0.5, 0.6) is 0 Å². The third-order valence-electron chi connectivity index (χ3n) is 4.25. The first kappa shape index (κ1) is 14.8. The molecule has 1 aromatic rings. The molecule has 20 heavy (non-hydrogen) atoms. The van der Waals surface area contributed by atoms with Gasteiger partial charge in [0.2, 0.25) is 0 Å². The van der Waals surface area contributed by atoms with Gasteiger partial charge in [-0.15, -0.1) is 0 Å². The highest BCUT2D eigenvalue weighted by molar-refractivity contribution is 5.93. The Labute approximate surface area is 118 Å². The van der Waals surface area contributed by atoms with E-state index >= 15 is 0 Å². The predicted octanol–water partition coefficient (Wildman–Crippen LogP) is 1.44. The van der Waals surface area contributed by atoms with E-state index in [2.05, 4.69) is 17.2 Å². The zero-order chi connectivity index (χ0) is 14.6. The molecule has 1 amide bonds. The molecular formula is C15H22N2O3. The number of rotatable bonds is 4. The molecule has 1 aromatic heterocycles. The summed E-state index contributed by atoms with van der Waals surface area (Å²) in [6.45, 7) is 2.37. The average Bonchev–Trinajstić information content (AvgIpc) is 2.46. The molecule has 1 fully saturated rings. The lowest BCUT2D eigenvalue weighted by Gasteiger charge is -2.35. The first-order chi connectivity index (χ1) is 9.54. The molecule has 0 aromatic carbocycles. The Kier molecular flexibility index (Phi) is 4.60. The largest absolute Gasteiger partial charge is 0.388 e. The second-order valence-corrected chi connectivity index (χ2v) is 5.67. The molecule has 0 aliphatic heterocycles. The maximum atomic E-state index is 11.9. The number of aliphatic hydroxyl groups is 1. The summed E-state index contributed by atoms with van der Waals surface area (Å²) in [4.78, 5) is 25.9. The van der Waals surface area contributed by atoms with E-state index in [0.717, 1.165) is 19.3 Å². The molecule has 0 unspecified atom stereocenters. The smallest absolute Gasteiger partial charge is 0.260 e. The fourth-order valence-electron chi connectivity index (χ4n) is 2.74. The topological polar surface area (TPSA) is 82.2 Å². The number of nitrogens with one attached hydrogen (secondary N) is 2. The van der Waals surface area contributed by atoms with Crippen LogP contribution in [0.4, 0.5) is 0 Å². The van der Waals surface area contributed by atoms with Crippen LogP contribution in [0.3, 0.4) is 0 Å². The molecule has 5 nitrogen and oxygen atoms in total. The normalized spacial score (nSPS) is 26.2. The number of amides is 1. The SMILES string of the molecule is CCC1CCC(O)(CNC(=O)c2ccc[nH]c2=O)CC1. The number of H-pyrrole nitrogens is 1. The summed E-state index contributed by atoms with van der Waals surface area (Å²) in [5, 5.41) is 13.1. The lowest BCUT2D eigenvalue weighted by Crippen LogP contribution is -2.46. The third-order valence-corrected chi connectivity index (χ3v) is 4.25. The van der Waals surface area contributed by atoms with Gasteiger partial charge in [0.15, 0.2) is 0 Å². The van der Waals surface area contributed by atoms with Crippen molar-refractivity contribution in [2.75, 3.05) is 6.54 Å². The number of hydrogen-bond donors (Lipinski definition) is 3. The molecule has 0 spiro atoms. The zero-order valence-corrected chi connectivity index (χ0v) is 11.8. The van der Waals surface area contributed by atoms with E-state index in [0.29, 0.717) is 18.8 Å².